The molecule has 31 heavy (non-hydrogen) atoms. The smallest absolute Gasteiger partial charge is 0.335 e. The second kappa shape index (κ2) is 8.76. The van der Waals surface area contributed by atoms with Crippen molar-refractivity contribution in [3.05, 3.63) is 95.7 Å². The Morgan fingerprint density at radius 2 is 1.87 bits per heavy atom. The summed E-state index contributed by atoms with van der Waals surface area (Å²) in [5.41, 5.74) is 0.435. The molecule has 0 aliphatic heterocycles. The lowest BCUT2D eigenvalue weighted by atomic mass is 10.1. The minimum atomic E-state index is -1.08. The molecule has 3 aromatic rings. The molecule has 0 saturated heterocycles. The second-order valence-electron chi connectivity index (χ2n) is 6.98. The van der Waals surface area contributed by atoms with Crippen LogP contribution in [0.15, 0.2) is 57.0 Å². The van der Waals surface area contributed by atoms with Gasteiger partial charge in [-0.1, -0.05) is 12.1 Å². The highest BCUT2D eigenvalue weighted by Crippen LogP contribution is 2.21. The third-order valence-corrected chi connectivity index (χ3v) is 4.71. The van der Waals surface area contributed by atoms with Gasteiger partial charge in [-0.3, -0.25) is 24.9 Å². The molecule has 10 heteroatoms. The van der Waals surface area contributed by atoms with E-state index >= 15 is 0 Å². The first-order valence-electron chi connectivity index (χ1n) is 9.27. The normalized spacial score (nSPS) is 12.2. The number of rotatable bonds is 6. The highest BCUT2D eigenvalue weighted by atomic mass is 16.6. The van der Waals surface area contributed by atoms with Crippen molar-refractivity contribution in [2.24, 2.45) is 4.99 Å². The predicted octanol–water partition coefficient (Wildman–Crippen LogP) is 1.91. The lowest BCUT2D eigenvalue weighted by Crippen LogP contribution is -2.31. The van der Waals surface area contributed by atoms with E-state index in [9.17, 15) is 29.9 Å². The van der Waals surface area contributed by atoms with Gasteiger partial charge in [-0.2, -0.15) is 0 Å². The monoisotopic (exact) mass is 424 g/mol. The number of aromatic hydroxyl groups is 1. The first-order valence-corrected chi connectivity index (χ1v) is 9.27. The van der Waals surface area contributed by atoms with Crippen molar-refractivity contribution in [1.29, 1.82) is 0 Å². The van der Waals surface area contributed by atoms with Gasteiger partial charge in [0.25, 0.3) is 11.2 Å². The lowest BCUT2D eigenvalue weighted by molar-refractivity contribution is -0.384. The fourth-order valence-electron chi connectivity index (χ4n) is 3.01. The number of nitrogens with one attached hydrogen (secondary N) is 1. The number of aromatic nitrogens is 2. The SMILES string of the molecule is Cc1ccc(C)c(-n2c(O)c(C=NC[C@@H](O)c3ccc([N+](=O)[O-])cc3)c(=O)[nH]c2=O)c1. The Morgan fingerprint density at radius 3 is 2.52 bits per heavy atom. The average Bonchev–Trinajstić information content (AvgIpc) is 2.72. The van der Waals surface area contributed by atoms with Crippen LogP contribution >= 0.6 is 0 Å². The number of nitro benzene ring substituents is 1. The zero-order valence-electron chi connectivity index (χ0n) is 16.8. The van der Waals surface area contributed by atoms with E-state index in [4.69, 9.17) is 0 Å². The van der Waals surface area contributed by atoms with E-state index in [1.165, 1.54) is 24.3 Å². The highest BCUT2D eigenvalue weighted by molar-refractivity contribution is 5.82. The number of aliphatic imine (C=N–C) groups is 1. The highest BCUT2D eigenvalue weighted by Gasteiger charge is 2.16. The Balaban J connectivity index is 1.90. The summed E-state index contributed by atoms with van der Waals surface area (Å²) >= 11 is 0. The zero-order valence-corrected chi connectivity index (χ0v) is 16.8. The van der Waals surface area contributed by atoms with Crippen molar-refractivity contribution in [3.8, 4) is 11.6 Å². The number of aromatic amines is 1. The number of nitro groups is 1. The van der Waals surface area contributed by atoms with E-state index in [0.717, 1.165) is 16.3 Å². The number of aliphatic hydroxyl groups is 1. The topological polar surface area (TPSA) is 151 Å². The van der Waals surface area contributed by atoms with Gasteiger partial charge in [-0.05, 0) is 48.7 Å². The van der Waals surface area contributed by atoms with Crippen molar-refractivity contribution in [3.63, 3.8) is 0 Å². The number of benzene rings is 2. The summed E-state index contributed by atoms with van der Waals surface area (Å²) in [4.78, 5) is 40.8. The fourth-order valence-corrected chi connectivity index (χ4v) is 3.01. The largest absolute Gasteiger partial charge is 0.493 e. The number of hydrogen-bond donors (Lipinski definition) is 3. The van der Waals surface area contributed by atoms with Gasteiger partial charge in [0, 0.05) is 18.3 Å². The maximum absolute atomic E-state index is 12.3. The van der Waals surface area contributed by atoms with Crippen molar-refractivity contribution >= 4 is 11.9 Å². The number of hydrogen-bond acceptors (Lipinski definition) is 7. The molecule has 3 N–H and O–H groups in total. The Labute approximate surface area is 175 Å². The first-order chi connectivity index (χ1) is 14.7. The van der Waals surface area contributed by atoms with Crippen LogP contribution in [0.4, 0.5) is 5.69 Å². The van der Waals surface area contributed by atoms with Gasteiger partial charge in [0.2, 0.25) is 5.88 Å². The third kappa shape index (κ3) is 4.59. The molecule has 1 aromatic heterocycles. The van der Waals surface area contributed by atoms with Crippen LogP contribution in [0.1, 0.15) is 28.4 Å². The van der Waals surface area contributed by atoms with Crippen LogP contribution in [-0.2, 0) is 0 Å². The predicted molar refractivity (Wildman–Crippen MR) is 114 cm³/mol. The second-order valence-corrected chi connectivity index (χ2v) is 6.98. The minimum absolute atomic E-state index is 0.107. The Kier molecular flexibility index (Phi) is 6.12. The molecule has 0 aliphatic rings. The standard InChI is InChI=1S/C21H20N4O6/c1-12-3-4-13(2)17(9-12)24-20(28)16(19(27)23-21(24)29)10-22-11-18(26)14-5-7-15(8-6-14)25(30)31/h3-10,18,26,28H,11H2,1-2H3,(H,23,27,29)/t18-/m1/s1. The van der Waals surface area contributed by atoms with E-state index < -0.39 is 28.2 Å². The van der Waals surface area contributed by atoms with Gasteiger partial charge < -0.3 is 10.2 Å². The summed E-state index contributed by atoms with van der Waals surface area (Å²) < 4.78 is 0.984. The summed E-state index contributed by atoms with van der Waals surface area (Å²) in [6, 6.07) is 10.7. The Hall–Kier alpha value is -4.05. The fraction of sp³-hybridized carbons (Fsp3) is 0.190. The van der Waals surface area contributed by atoms with Crippen LogP contribution in [0.25, 0.3) is 5.69 Å². The maximum Gasteiger partial charge on any atom is 0.335 e. The third-order valence-electron chi connectivity index (χ3n) is 4.71. The van der Waals surface area contributed by atoms with Crippen LogP contribution in [0.3, 0.4) is 0 Å². The molecule has 160 valence electrons. The van der Waals surface area contributed by atoms with E-state index in [-0.39, 0.29) is 17.8 Å². The molecule has 2 aromatic carbocycles. The minimum Gasteiger partial charge on any atom is -0.493 e. The molecule has 0 radical (unpaired) electrons. The molecule has 1 atom stereocenters. The molecule has 0 spiro atoms. The number of aliphatic hydroxyl groups excluding tert-OH is 1. The molecule has 0 bridgehead atoms. The first kappa shape index (κ1) is 21.7. The van der Waals surface area contributed by atoms with E-state index in [0.29, 0.717) is 16.8 Å². The summed E-state index contributed by atoms with van der Waals surface area (Å²) in [6.07, 6.45) is -0.00711. The maximum atomic E-state index is 12.3. The van der Waals surface area contributed by atoms with Crippen LogP contribution in [0, 0.1) is 24.0 Å². The van der Waals surface area contributed by atoms with E-state index in [1.807, 2.05) is 13.0 Å². The van der Waals surface area contributed by atoms with Crippen molar-refractivity contribution in [1.82, 2.24) is 9.55 Å². The number of nitrogens with zero attached hydrogens (tertiary/aromatic N) is 3. The molecular formula is C21H20N4O6. The van der Waals surface area contributed by atoms with Crippen LogP contribution in [-0.4, -0.2) is 37.4 Å². The molecule has 1 heterocycles. The van der Waals surface area contributed by atoms with Crippen LogP contribution < -0.4 is 11.2 Å². The number of H-pyrrole nitrogens is 1. The van der Waals surface area contributed by atoms with E-state index in [1.54, 1.807) is 19.1 Å². The quantitative estimate of drug-likeness (QED) is 0.312. The van der Waals surface area contributed by atoms with Crippen molar-refractivity contribution < 1.29 is 15.1 Å². The summed E-state index contributed by atoms with van der Waals surface area (Å²) in [7, 11) is 0. The molecule has 0 aliphatic carbocycles. The number of aryl methyl sites for hydroxylation is 2. The molecule has 3 rings (SSSR count). The van der Waals surface area contributed by atoms with Crippen LogP contribution in [0.5, 0.6) is 5.88 Å². The van der Waals surface area contributed by atoms with Gasteiger partial charge in [-0.15, -0.1) is 0 Å². The summed E-state index contributed by atoms with van der Waals surface area (Å²) in [5, 5.41) is 31.5. The number of non-ortho nitro benzene ring substituents is 1. The summed E-state index contributed by atoms with van der Waals surface area (Å²) in [5.74, 6) is -0.573. The van der Waals surface area contributed by atoms with Gasteiger partial charge in [-0.25, -0.2) is 9.36 Å². The van der Waals surface area contributed by atoms with Gasteiger partial charge in [0.1, 0.15) is 5.56 Å². The van der Waals surface area contributed by atoms with E-state index in [2.05, 4.69) is 9.98 Å². The van der Waals surface area contributed by atoms with Crippen molar-refractivity contribution in [2.45, 2.75) is 20.0 Å². The molecule has 10 nitrogen and oxygen atoms in total. The molecule has 0 unspecified atom stereocenters. The lowest BCUT2D eigenvalue weighted by Gasteiger charge is -2.13. The summed E-state index contributed by atoms with van der Waals surface area (Å²) in [6.45, 7) is 3.43. The molecule has 0 fully saturated rings. The Morgan fingerprint density at radius 1 is 1.19 bits per heavy atom. The zero-order chi connectivity index (χ0) is 22.7. The van der Waals surface area contributed by atoms with Crippen LogP contribution in [0.2, 0.25) is 0 Å². The average molecular weight is 424 g/mol. The molecule has 0 saturated carbocycles. The van der Waals surface area contributed by atoms with Gasteiger partial charge in [0.15, 0.2) is 0 Å². The van der Waals surface area contributed by atoms with Gasteiger partial charge >= 0.3 is 5.69 Å². The van der Waals surface area contributed by atoms with Gasteiger partial charge in [0.05, 0.1) is 23.3 Å². The molecular weight excluding hydrogens is 404 g/mol. The molecule has 0 amide bonds. The Bertz CT molecular complexity index is 1270. The van der Waals surface area contributed by atoms with Crippen molar-refractivity contribution in [2.75, 3.05) is 6.54 Å².